The number of unbranched alkanes of at least 4 members (excludes halogenated alkanes) is 22. The van der Waals surface area contributed by atoms with Gasteiger partial charge in [-0.2, -0.15) is 0 Å². The fourth-order valence-electron chi connectivity index (χ4n) is 6.45. The van der Waals surface area contributed by atoms with Gasteiger partial charge >= 0.3 is 0 Å². The van der Waals surface area contributed by atoms with Gasteiger partial charge < -0.3 is 40.3 Å². The molecule has 1 heterocycles. The second kappa shape index (κ2) is 30.1. The van der Waals surface area contributed by atoms with E-state index >= 15 is 0 Å². The number of ether oxygens (including phenoxy) is 2. The monoisotopic (exact) mass is 674 g/mol. The zero-order valence-electron chi connectivity index (χ0n) is 30.3. The van der Waals surface area contributed by atoms with Gasteiger partial charge in [0.1, 0.15) is 24.4 Å². The number of rotatable bonds is 32. The van der Waals surface area contributed by atoms with Crippen molar-refractivity contribution in [2.45, 2.75) is 224 Å². The lowest BCUT2D eigenvalue weighted by Crippen LogP contribution is -2.60. The number of nitrogens with one attached hydrogen (secondary N) is 1. The molecule has 7 atom stereocenters. The Bertz CT molecular complexity index is 711. The van der Waals surface area contributed by atoms with Crippen LogP contribution in [-0.4, -0.2) is 87.5 Å². The summed E-state index contributed by atoms with van der Waals surface area (Å²) in [5, 5.41) is 54.0. The molecule has 0 saturated carbocycles. The van der Waals surface area contributed by atoms with Crippen molar-refractivity contribution < 1.29 is 39.8 Å². The highest BCUT2D eigenvalue weighted by atomic mass is 16.7. The molecule has 1 fully saturated rings. The number of carbonyl (C=O) groups is 1. The van der Waals surface area contributed by atoms with Crippen LogP contribution in [0.25, 0.3) is 0 Å². The Hall–Kier alpha value is -0.810. The van der Waals surface area contributed by atoms with Crippen LogP contribution in [0, 0.1) is 0 Å². The molecule has 0 aliphatic carbocycles. The fraction of sp³-hybridized carbons (Fsp3) is 0.974. The molecule has 0 spiro atoms. The molecule has 2 unspecified atom stereocenters. The summed E-state index contributed by atoms with van der Waals surface area (Å²) in [6, 6.07) is -0.708. The van der Waals surface area contributed by atoms with Gasteiger partial charge in [-0.3, -0.25) is 4.79 Å². The molecule has 1 rings (SSSR count). The second-order valence-corrected chi connectivity index (χ2v) is 14.1. The molecular formula is C38H75NO8. The Balaban J connectivity index is 2.41. The molecule has 6 N–H and O–H groups in total. The van der Waals surface area contributed by atoms with Crippen LogP contribution in [0.4, 0.5) is 0 Å². The van der Waals surface area contributed by atoms with Gasteiger partial charge in [0, 0.05) is 6.42 Å². The highest BCUT2D eigenvalue weighted by Crippen LogP contribution is 2.23. The zero-order valence-corrected chi connectivity index (χ0v) is 30.3. The van der Waals surface area contributed by atoms with Gasteiger partial charge in [-0.05, 0) is 12.8 Å². The van der Waals surface area contributed by atoms with Crippen LogP contribution in [-0.2, 0) is 14.3 Å². The molecule has 9 nitrogen and oxygen atoms in total. The minimum Gasteiger partial charge on any atom is -0.394 e. The standard InChI is InChI=1S/C38H75NO8/c1-3-5-7-9-11-13-15-16-18-19-21-23-25-27-32(41)31(30-46-38-37(45)36(44)35(43)33(29-40)47-38)39-34(42)28-26-24-22-20-17-14-12-10-8-6-4-2/h31-33,35-38,40-41,43-45H,3-30H2,1-2H3,(H,39,42)/t31-,32+,33+,35+,36?,37?,38+/m0/s1. The van der Waals surface area contributed by atoms with Gasteiger partial charge in [-0.15, -0.1) is 0 Å². The largest absolute Gasteiger partial charge is 0.394 e. The Morgan fingerprint density at radius 1 is 0.638 bits per heavy atom. The van der Waals surface area contributed by atoms with E-state index in [-0.39, 0.29) is 12.5 Å². The third-order valence-electron chi connectivity index (χ3n) is 9.71. The lowest BCUT2D eigenvalue weighted by molar-refractivity contribution is -0.302. The van der Waals surface area contributed by atoms with Gasteiger partial charge in [-0.1, -0.05) is 162 Å². The minimum absolute atomic E-state index is 0.133. The van der Waals surface area contributed by atoms with Crippen LogP contribution < -0.4 is 5.32 Å². The van der Waals surface area contributed by atoms with Crippen molar-refractivity contribution >= 4 is 5.91 Å². The first-order chi connectivity index (χ1) is 22.8. The molecule has 1 aliphatic heterocycles. The Morgan fingerprint density at radius 2 is 1.06 bits per heavy atom. The summed E-state index contributed by atoms with van der Waals surface area (Å²) >= 11 is 0. The third kappa shape index (κ3) is 21.8. The van der Waals surface area contributed by atoms with E-state index in [2.05, 4.69) is 19.2 Å². The Morgan fingerprint density at radius 3 is 1.51 bits per heavy atom. The van der Waals surface area contributed by atoms with Gasteiger partial charge in [0.25, 0.3) is 0 Å². The van der Waals surface area contributed by atoms with E-state index in [4.69, 9.17) is 9.47 Å². The van der Waals surface area contributed by atoms with E-state index < -0.39 is 49.5 Å². The van der Waals surface area contributed by atoms with Crippen molar-refractivity contribution in [3.8, 4) is 0 Å². The SMILES string of the molecule is CCCCCCCCCCCCCCC[C@@H](O)[C@H](CO[C@@H]1O[C@H](CO)[C@@H](O)C(O)C1O)NC(=O)CCCCCCCCCCCCC. The van der Waals surface area contributed by atoms with Crippen LogP contribution in [0.3, 0.4) is 0 Å². The van der Waals surface area contributed by atoms with E-state index in [1.54, 1.807) is 0 Å². The predicted octanol–water partition coefficient (Wildman–Crippen LogP) is 6.83. The Labute approximate surface area is 287 Å². The van der Waals surface area contributed by atoms with Crippen LogP contribution in [0.1, 0.15) is 181 Å². The van der Waals surface area contributed by atoms with Gasteiger partial charge in [0.2, 0.25) is 5.91 Å². The van der Waals surface area contributed by atoms with E-state index in [0.29, 0.717) is 12.8 Å². The Kier molecular flexibility index (Phi) is 28.3. The molecule has 1 amide bonds. The first-order valence-electron chi connectivity index (χ1n) is 19.7. The molecule has 0 aromatic carbocycles. The summed E-state index contributed by atoms with van der Waals surface area (Å²) in [5.41, 5.74) is 0. The van der Waals surface area contributed by atoms with Crippen LogP contribution >= 0.6 is 0 Å². The van der Waals surface area contributed by atoms with Crippen molar-refractivity contribution in [1.82, 2.24) is 5.32 Å². The number of amides is 1. The number of aliphatic hydroxyl groups is 5. The zero-order chi connectivity index (χ0) is 34.5. The summed E-state index contributed by atoms with van der Waals surface area (Å²) in [5.74, 6) is -0.146. The quantitative estimate of drug-likeness (QED) is 0.0426. The first-order valence-corrected chi connectivity index (χ1v) is 19.7. The summed E-state index contributed by atoms with van der Waals surface area (Å²) < 4.78 is 11.2. The minimum atomic E-state index is -1.55. The van der Waals surface area contributed by atoms with E-state index in [1.807, 2.05) is 0 Å². The number of aliphatic hydroxyl groups excluding tert-OH is 5. The van der Waals surface area contributed by atoms with Crippen molar-refractivity contribution in [1.29, 1.82) is 0 Å². The summed E-state index contributed by atoms with van der Waals surface area (Å²) in [4.78, 5) is 12.9. The molecular weight excluding hydrogens is 598 g/mol. The van der Waals surface area contributed by atoms with E-state index in [9.17, 15) is 30.3 Å². The third-order valence-corrected chi connectivity index (χ3v) is 9.71. The molecule has 0 radical (unpaired) electrons. The normalized spacial score (nSPS) is 22.7. The second-order valence-electron chi connectivity index (χ2n) is 14.1. The molecule has 0 aromatic heterocycles. The average Bonchev–Trinajstić information content (AvgIpc) is 3.07. The smallest absolute Gasteiger partial charge is 0.220 e. The van der Waals surface area contributed by atoms with Crippen LogP contribution in [0.2, 0.25) is 0 Å². The van der Waals surface area contributed by atoms with E-state index in [0.717, 1.165) is 38.5 Å². The predicted molar refractivity (Wildman–Crippen MR) is 189 cm³/mol. The number of hydrogen-bond acceptors (Lipinski definition) is 8. The molecule has 0 aromatic rings. The highest BCUT2D eigenvalue weighted by Gasteiger charge is 2.44. The maximum absolute atomic E-state index is 12.9. The van der Waals surface area contributed by atoms with Crippen LogP contribution in [0.15, 0.2) is 0 Å². The molecule has 1 saturated heterocycles. The maximum atomic E-state index is 12.9. The topological polar surface area (TPSA) is 149 Å². The van der Waals surface area contributed by atoms with Crippen molar-refractivity contribution in [2.24, 2.45) is 0 Å². The lowest BCUT2D eigenvalue weighted by atomic mass is 9.99. The van der Waals surface area contributed by atoms with Crippen molar-refractivity contribution in [3.63, 3.8) is 0 Å². The molecule has 1 aliphatic rings. The van der Waals surface area contributed by atoms with E-state index in [1.165, 1.54) is 116 Å². The van der Waals surface area contributed by atoms with Gasteiger partial charge in [-0.25, -0.2) is 0 Å². The summed E-state index contributed by atoms with van der Waals surface area (Å²) in [6.07, 6.45) is 22.5. The molecule has 280 valence electrons. The molecule has 0 bridgehead atoms. The number of carbonyl (C=O) groups excluding carboxylic acids is 1. The van der Waals surface area contributed by atoms with Gasteiger partial charge in [0.05, 0.1) is 25.4 Å². The molecule has 47 heavy (non-hydrogen) atoms. The first kappa shape index (κ1) is 44.2. The van der Waals surface area contributed by atoms with Gasteiger partial charge in [0.15, 0.2) is 6.29 Å². The van der Waals surface area contributed by atoms with Crippen molar-refractivity contribution in [3.05, 3.63) is 0 Å². The maximum Gasteiger partial charge on any atom is 0.220 e. The highest BCUT2D eigenvalue weighted by molar-refractivity contribution is 5.76. The lowest BCUT2D eigenvalue weighted by Gasteiger charge is -2.40. The average molecular weight is 674 g/mol. The summed E-state index contributed by atoms with van der Waals surface area (Å²) in [6.45, 7) is 3.81. The summed E-state index contributed by atoms with van der Waals surface area (Å²) in [7, 11) is 0. The van der Waals surface area contributed by atoms with Crippen molar-refractivity contribution in [2.75, 3.05) is 13.2 Å². The number of hydrogen-bond donors (Lipinski definition) is 6. The molecule has 9 heteroatoms. The fourth-order valence-corrected chi connectivity index (χ4v) is 6.45. The van der Waals surface area contributed by atoms with Crippen LogP contribution in [0.5, 0.6) is 0 Å².